The van der Waals surface area contributed by atoms with E-state index in [1.807, 2.05) is 0 Å². The molecule has 0 heterocycles. The maximum atomic E-state index is 12.3. The topological polar surface area (TPSA) is 102 Å². The van der Waals surface area contributed by atoms with Crippen LogP contribution >= 0.6 is 23.2 Å². The first kappa shape index (κ1) is 23.0. The van der Waals surface area contributed by atoms with Gasteiger partial charge >= 0.3 is 5.97 Å². The predicted octanol–water partition coefficient (Wildman–Crippen LogP) is 3.05. The minimum atomic E-state index is -3.72. The van der Waals surface area contributed by atoms with Gasteiger partial charge in [-0.1, -0.05) is 23.2 Å². The number of esters is 1. The number of sulfonamides is 1. The zero-order valence-corrected chi connectivity index (χ0v) is 18.1. The fourth-order valence-electron chi connectivity index (χ4n) is 2.21. The Labute approximate surface area is 178 Å². The Kier molecular flexibility index (Phi) is 7.48. The zero-order chi connectivity index (χ0) is 21.8. The Morgan fingerprint density at radius 1 is 1.10 bits per heavy atom. The fraction of sp³-hybridized carbons (Fsp3) is 0.222. The maximum Gasteiger partial charge on any atom is 0.340 e. The second-order valence-corrected chi connectivity index (χ2v) is 8.89. The van der Waals surface area contributed by atoms with Crippen LogP contribution in [0.15, 0.2) is 41.3 Å². The first-order chi connectivity index (χ1) is 13.6. The number of amides is 1. The van der Waals surface area contributed by atoms with E-state index in [9.17, 15) is 18.0 Å². The van der Waals surface area contributed by atoms with Crippen LogP contribution in [0.1, 0.15) is 10.4 Å². The average molecular weight is 461 g/mol. The van der Waals surface area contributed by atoms with Gasteiger partial charge in [0.2, 0.25) is 10.0 Å². The molecule has 0 spiro atoms. The highest BCUT2D eigenvalue weighted by molar-refractivity contribution is 7.89. The van der Waals surface area contributed by atoms with Gasteiger partial charge in [-0.15, -0.1) is 0 Å². The van der Waals surface area contributed by atoms with Gasteiger partial charge in [-0.3, -0.25) is 4.79 Å². The van der Waals surface area contributed by atoms with E-state index < -0.39 is 28.5 Å². The van der Waals surface area contributed by atoms with Crippen molar-refractivity contribution < 1.29 is 27.5 Å². The van der Waals surface area contributed by atoms with Crippen molar-refractivity contribution in [2.24, 2.45) is 0 Å². The molecule has 0 bridgehead atoms. The Morgan fingerprint density at radius 2 is 1.79 bits per heavy atom. The Balaban J connectivity index is 2.14. The van der Waals surface area contributed by atoms with E-state index in [-0.39, 0.29) is 31.9 Å². The van der Waals surface area contributed by atoms with E-state index in [1.165, 1.54) is 57.6 Å². The number of halogens is 2. The molecule has 0 fully saturated rings. The van der Waals surface area contributed by atoms with Crippen molar-refractivity contribution in [1.82, 2.24) is 4.31 Å². The summed E-state index contributed by atoms with van der Waals surface area (Å²) in [6.07, 6.45) is 0. The summed E-state index contributed by atoms with van der Waals surface area (Å²) in [4.78, 5) is 24.3. The minimum Gasteiger partial charge on any atom is -0.495 e. The number of carbonyl (C=O) groups excluding carboxylic acids is 2. The van der Waals surface area contributed by atoms with E-state index in [1.54, 1.807) is 0 Å². The van der Waals surface area contributed by atoms with Crippen LogP contribution in [0, 0.1) is 0 Å². The molecule has 1 amide bonds. The Bertz CT molecular complexity index is 1040. The summed E-state index contributed by atoms with van der Waals surface area (Å²) in [5.74, 6) is -1.29. The highest BCUT2D eigenvalue weighted by Crippen LogP contribution is 2.28. The number of nitrogens with zero attached hydrogens (tertiary/aromatic N) is 1. The number of hydrogen-bond donors (Lipinski definition) is 1. The molecule has 1 N–H and O–H groups in total. The highest BCUT2D eigenvalue weighted by Gasteiger charge is 2.20. The van der Waals surface area contributed by atoms with Crippen LogP contribution < -0.4 is 10.1 Å². The highest BCUT2D eigenvalue weighted by atomic mass is 35.5. The van der Waals surface area contributed by atoms with Crippen molar-refractivity contribution in [3.8, 4) is 5.75 Å². The summed E-state index contributed by atoms with van der Waals surface area (Å²) in [7, 11) is 0.425. The van der Waals surface area contributed by atoms with Crippen LogP contribution in [-0.2, 0) is 19.6 Å². The van der Waals surface area contributed by atoms with Crippen molar-refractivity contribution in [3.63, 3.8) is 0 Å². The summed E-state index contributed by atoms with van der Waals surface area (Å²) in [5.41, 5.74) is 0.126. The number of rotatable bonds is 7. The lowest BCUT2D eigenvalue weighted by molar-refractivity contribution is -0.119. The summed E-state index contributed by atoms with van der Waals surface area (Å²) in [5, 5.41) is 2.88. The number of nitrogens with one attached hydrogen (secondary N) is 1. The zero-order valence-electron chi connectivity index (χ0n) is 15.7. The Morgan fingerprint density at radius 3 is 2.41 bits per heavy atom. The number of hydrogen-bond acceptors (Lipinski definition) is 6. The largest absolute Gasteiger partial charge is 0.495 e. The third kappa shape index (κ3) is 5.60. The lowest BCUT2D eigenvalue weighted by Gasteiger charge is -2.15. The summed E-state index contributed by atoms with van der Waals surface area (Å²) >= 11 is 11.7. The van der Waals surface area contributed by atoms with Crippen molar-refractivity contribution >= 4 is 50.8 Å². The lowest BCUT2D eigenvalue weighted by Crippen LogP contribution is -2.23. The first-order valence-electron chi connectivity index (χ1n) is 8.09. The normalized spacial score (nSPS) is 11.2. The molecule has 0 aliphatic carbocycles. The molecule has 2 rings (SSSR count). The molecule has 2 aromatic rings. The molecular weight excluding hydrogens is 443 g/mol. The van der Waals surface area contributed by atoms with Crippen molar-refractivity contribution in [3.05, 3.63) is 52.0 Å². The standard InChI is InChI=1S/C18H18Cl2N2O6S/c1-22(2)29(25,26)12-5-7-16(27-3)15(9-12)21-17(23)10-28-18(24)13-8-11(19)4-6-14(13)20/h4-9H,10H2,1-3H3,(H,21,23). The van der Waals surface area contributed by atoms with Gasteiger partial charge in [0, 0.05) is 19.1 Å². The van der Waals surface area contributed by atoms with Crippen LogP contribution in [-0.4, -0.2) is 52.4 Å². The van der Waals surface area contributed by atoms with Gasteiger partial charge in [-0.05, 0) is 36.4 Å². The fourth-order valence-corrected chi connectivity index (χ4v) is 3.50. The molecule has 0 saturated carbocycles. The molecule has 0 atom stereocenters. The van der Waals surface area contributed by atoms with E-state index in [0.717, 1.165) is 4.31 Å². The lowest BCUT2D eigenvalue weighted by atomic mass is 10.2. The third-order valence-corrected chi connectivity index (χ3v) is 6.08. The van der Waals surface area contributed by atoms with Crippen LogP contribution in [0.5, 0.6) is 5.75 Å². The summed E-state index contributed by atoms with van der Waals surface area (Å²) in [6, 6.07) is 8.27. The van der Waals surface area contributed by atoms with Gasteiger partial charge in [0.25, 0.3) is 5.91 Å². The van der Waals surface area contributed by atoms with Crippen molar-refractivity contribution in [2.45, 2.75) is 4.90 Å². The molecule has 0 aliphatic rings. The van der Waals surface area contributed by atoms with Gasteiger partial charge in [-0.2, -0.15) is 0 Å². The van der Waals surface area contributed by atoms with Gasteiger partial charge in [-0.25, -0.2) is 17.5 Å². The van der Waals surface area contributed by atoms with Gasteiger partial charge in [0.1, 0.15) is 5.75 Å². The number of anilines is 1. The molecule has 0 saturated heterocycles. The average Bonchev–Trinajstić information content (AvgIpc) is 2.67. The van der Waals surface area contributed by atoms with E-state index >= 15 is 0 Å². The number of benzene rings is 2. The summed E-state index contributed by atoms with van der Waals surface area (Å²) in [6.45, 7) is -0.629. The van der Waals surface area contributed by atoms with Crippen LogP contribution in [0.25, 0.3) is 0 Å². The molecule has 11 heteroatoms. The maximum absolute atomic E-state index is 12.3. The van der Waals surface area contributed by atoms with E-state index in [0.29, 0.717) is 0 Å². The van der Waals surface area contributed by atoms with Crippen LogP contribution in [0.4, 0.5) is 5.69 Å². The van der Waals surface area contributed by atoms with Crippen LogP contribution in [0.3, 0.4) is 0 Å². The monoisotopic (exact) mass is 460 g/mol. The molecule has 0 aromatic heterocycles. The third-order valence-electron chi connectivity index (χ3n) is 3.71. The molecule has 29 heavy (non-hydrogen) atoms. The van der Waals surface area contributed by atoms with E-state index in [2.05, 4.69) is 5.32 Å². The minimum absolute atomic E-state index is 0.0172. The summed E-state index contributed by atoms with van der Waals surface area (Å²) < 4.78 is 35.7. The van der Waals surface area contributed by atoms with Crippen molar-refractivity contribution in [2.75, 3.05) is 33.1 Å². The SMILES string of the molecule is COc1ccc(S(=O)(=O)N(C)C)cc1NC(=O)COC(=O)c1cc(Cl)ccc1Cl. The van der Waals surface area contributed by atoms with Gasteiger partial charge in [0.15, 0.2) is 6.61 Å². The quantitative estimate of drug-likeness (QED) is 0.636. The second kappa shape index (κ2) is 9.45. The second-order valence-electron chi connectivity index (χ2n) is 5.90. The number of methoxy groups -OCH3 is 1. The van der Waals surface area contributed by atoms with Gasteiger partial charge in [0.05, 0.1) is 28.3 Å². The molecular formula is C18H18Cl2N2O6S. The number of ether oxygens (including phenoxy) is 2. The molecule has 0 aliphatic heterocycles. The molecule has 8 nitrogen and oxygen atoms in total. The van der Waals surface area contributed by atoms with E-state index in [4.69, 9.17) is 32.7 Å². The smallest absolute Gasteiger partial charge is 0.340 e. The van der Waals surface area contributed by atoms with Crippen LogP contribution in [0.2, 0.25) is 10.0 Å². The van der Waals surface area contributed by atoms with Crippen molar-refractivity contribution in [1.29, 1.82) is 0 Å². The molecule has 0 radical (unpaired) electrons. The molecule has 0 unspecified atom stereocenters. The Hall–Kier alpha value is -2.33. The molecule has 156 valence electrons. The van der Waals surface area contributed by atoms with Gasteiger partial charge < -0.3 is 14.8 Å². The first-order valence-corrected chi connectivity index (χ1v) is 10.3. The molecule has 2 aromatic carbocycles. The predicted molar refractivity (Wildman–Crippen MR) is 109 cm³/mol. The number of carbonyl (C=O) groups is 2.